The van der Waals surface area contributed by atoms with Crippen LogP contribution >= 0.6 is 0 Å². The quantitative estimate of drug-likeness (QED) is 0.370. The second-order valence-electron chi connectivity index (χ2n) is 7.44. The van der Waals surface area contributed by atoms with E-state index in [1.807, 2.05) is 0 Å². The molecule has 1 aromatic carbocycles. The lowest BCUT2D eigenvalue weighted by molar-refractivity contribution is -0.274. The van der Waals surface area contributed by atoms with Gasteiger partial charge in [0.1, 0.15) is 17.1 Å². The Morgan fingerprint density at radius 1 is 0.919 bits per heavy atom. The number of ether oxygens (including phenoxy) is 4. The summed E-state index contributed by atoms with van der Waals surface area (Å²) in [6.45, 7) is 3.32. The van der Waals surface area contributed by atoms with Crippen LogP contribution < -0.4 is 24.3 Å². The van der Waals surface area contributed by atoms with E-state index in [1.54, 1.807) is 19.9 Å². The Morgan fingerprint density at radius 2 is 1.62 bits per heavy atom. The van der Waals surface area contributed by atoms with E-state index in [0.29, 0.717) is 23.0 Å². The number of hydrogen-bond acceptors (Lipinski definition) is 7. The van der Waals surface area contributed by atoms with Crippen molar-refractivity contribution in [3.05, 3.63) is 59.0 Å². The number of aromatic nitrogens is 2. The molecule has 0 radical (unpaired) electrons. The summed E-state index contributed by atoms with van der Waals surface area (Å²) in [6.07, 6.45) is -8.46. The van der Waals surface area contributed by atoms with Gasteiger partial charge in [-0.3, -0.25) is 9.78 Å². The van der Waals surface area contributed by atoms with Crippen LogP contribution in [0.15, 0.2) is 36.5 Å². The highest BCUT2D eigenvalue weighted by atomic mass is 19.4. The molecule has 8 nitrogen and oxygen atoms in total. The molecule has 0 saturated carbocycles. The van der Waals surface area contributed by atoms with Gasteiger partial charge in [0.2, 0.25) is 5.88 Å². The maximum atomic E-state index is 13.5. The van der Waals surface area contributed by atoms with Gasteiger partial charge in [0.25, 0.3) is 5.91 Å². The summed E-state index contributed by atoms with van der Waals surface area (Å²) in [5.74, 6) is -3.59. The van der Waals surface area contributed by atoms with E-state index >= 15 is 0 Å². The van der Waals surface area contributed by atoms with Crippen LogP contribution in [0.5, 0.6) is 28.9 Å². The first-order valence-electron chi connectivity index (χ1n) is 10.2. The Hall–Kier alpha value is -4.23. The molecular weight excluding hydrogens is 512 g/mol. The minimum absolute atomic E-state index is 0.316. The SMILES string of the molecule is COc1cc(OC(F)(F)F)ccc1Oc1cc(C(F)(F)F)nc(OC)c1C(=O)Nc1cc(C)ncc1C. The first-order valence-corrected chi connectivity index (χ1v) is 10.2. The second kappa shape index (κ2) is 10.4. The van der Waals surface area contributed by atoms with Crippen LogP contribution in [0.2, 0.25) is 0 Å². The van der Waals surface area contributed by atoms with Gasteiger partial charge in [-0.15, -0.1) is 13.2 Å². The predicted molar refractivity (Wildman–Crippen MR) is 117 cm³/mol. The van der Waals surface area contributed by atoms with E-state index in [4.69, 9.17) is 14.2 Å². The molecule has 37 heavy (non-hydrogen) atoms. The van der Waals surface area contributed by atoms with E-state index < -0.39 is 47.1 Å². The third kappa shape index (κ3) is 6.71. The van der Waals surface area contributed by atoms with Gasteiger partial charge in [-0.1, -0.05) is 0 Å². The van der Waals surface area contributed by atoms with E-state index in [1.165, 1.54) is 6.20 Å². The molecule has 2 aromatic heterocycles. The molecule has 14 heteroatoms. The second-order valence-corrected chi connectivity index (χ2v) is 7.44. The van der Waals surface area contributed by atoms with Gasteiger partial charge in [0.05, 0.1) is 14.2 Å². The number of carbonyl (C=O) groups excluding carboxylic acids is 1. The van der Waals surface area contributed by atoms with Gasteiger partial charge in [0, 0.05) is 29.7 Å². The number of pyridine rings is 2. The number of alkyl halides is 6. The van der Waals surface area contributed by atoms with Gasteiger partial charge in [-0.05, 0) is 37.6 Å². The molecule has 2 heterocycles. The van der Waals surface area contributed by atoms with Gasteiger partial charge >= 0.3 is 12.5 Å². The maximum absolute atomic E-state index is 13.5. The van der Waals surface area contributed by atoms with Crippen molar-refractivity contribution in [2.45, 2.75) is 26.4 Å². The van der Waals surface area contributed by atoms with Gasteiger partial charge in [-0.2, -0.15) is 13.2 Å². The van der Waals surface area contributed by atoms with Crippen molar-refractivity contribution in [1.29, 1.82) is 0 Å². The molecule has 0 aliphatic carbocycles. The van der Waals surface area contributed by atoms with Crippen LogP contribution in [0.25, 0.3) is 0 Å². The normalized spacial score (nSPS) is 11.6. The Labute approximate surface area is 206 Å². The van der Waals surface area contributed by atoms with Crippen LogP contribution in [0, 0.1) is 13.8 Å². The zero-order valence-electron chi connectivity index (χ0n) is 19.7. The monoisotopic (exact) mass is 531 g/mol. The van der Waals surface area contributed by atoms with Gasteiger partial charge in [0.15, 0.2) is 17.2 Å². The lowest BCUT2D eigenvalue weighted by Crippen LogP contribution is -2.18. The minimum atomic E-state index is -5.00. The number of nitrogens with one attached hydrogen (secondary N) is 1. The first kappa shape index (κ1) is 27.4. The first-order chi connectivity index (χ1) is 17.2. The molecule has 1 N–H and O–H groups in total. The molecule has 0 unspecified atom stereocenters. The highest BCUT2D eigenvalue weighted by molar-refractivity contribution is 6.08. The van der Waals surface area contributed by atoms with Crippen molar-refractivity contribution >= 4 is 11.6 Å². The fourth-order valence-corrected chi connectivity index (χ4v) is 3.08. The van der Waals surface area contributed by atoms with Crippen molar-refractivity contribution in [2.24, 2.45) is 0 Å². The number of hydrogen-bond donors (Lipinski definition) is 1. The van der Waals surface area contributed by atoms with E-state index in [0.717, 1.165) is 32.4 Å². The number of aryl methyl sites for hydroxylation is 2. The Balaban J connectivity index is 2.12. The molecule has 3 aromatic rings. The van der Waals surface area contributed by atoms with Crippen molar-refractivity contribution in [2.75, 3.05) is 19.5 Å². The van der Waals surface area contributed by atoms with Crippen LogP contribution in [-0.4, -0.2) is 36.5 Å². The number of rotatable bonds is 7. The number of benzene rings is 1. The number of nitrogens with zero attached hydrogens (tertiary/aromatic N) is 2. The zero-order valence-corrected chi connectivity index (χ0v) is 19.7. The summed E-state index contributed by atoms with van der Waals surface area (Å²) in [5.41, 5.74) is -0.524. The topological polar surface area (TPSA) is 91.8 Å². The summed E-state index contributed by atoms with van der Waals surface area (Å²) < 4.78 is 97.6. The number of amides is 1. The summed E-state index contributed by atoms with van der Waals surface area (Å²) in [5, 5.41) is 2.55. The van der Waals surface area contributed by atoms with Crippen LogP contribution in [0.1, 0.15) is 27.3 Å². The summed E-state index contributed by atoms with van der Waals surface area (Å²) >= 11 is 0. The summed E-state index contributed by atoms with van der Waals surface area (Å²) in [6, 6.07) is 4.64. The zero-order chi connectivity index (χ0) is 27.5. The average Bonchev–Trinajstić information content (AvgIpc) is 2.80. The molecular formula is C23H19F6N3O5. The Kier molecular flexibility index (Phi) is 7.69. The summed E-state index contributed by atoms with van der Waals surface area (Å²) in [4.78, 5) is 20.7. The van der Waals surface area contributed by atoms with E-state index in [-0.39, 0.29) is 11.5 Å². The lowest BCUT2D eigenvalue weighted by atomic mass is 10.1. The maximum Gasteiger partial charge on any atom is 0.573 e. The number of methoxy groups -OCH3 is 2. The fraction of sp³-hybridized carbons (Fsp3) is 0.261. The smallest absolute Gasteiger partial charge is 0.493 e. The highest BCUT2D eigenvalue weighted by Gasteiger charge is 2.37. The van der Waals surface area contributed by atoms with Crippen molar-refractivity contribution in [1.82, 2.24) is 9.97 Å². The molecule has 198 valence electrons. The molecule has 0 saturated heterocycles. The van der Waals surface area contributed by atoms with E-state index in [2.05, 4.69) is 20.0 Å². The minimum Gasteiger partial charge on any atom is -0.493 e. The molecule has 0 fully saturated rings. The lowest BCUT2D eigenvalue weighted by Gasteiger charge is -2.18. The summed E-state index contributed by atoms with van der Waals surface area (Å²) in [7, 11) is 2.10. The molecule has 1 amide bonds. The fourth-order valence-electron chi connectivity index (χ4n) is 3.08. The molecule has 0 aliphatic heterocycles. The third-order valence-electron chi connectivity index (χ3n) is 4.74. The standard InChI is InChI=1S/C23H19F6N3O5/c1-11-10-30-12(2)7-14(11)31-20(33)19-17(9-18(22(24,25)26)32-21(19)35-4)36-15-6-5-13(8-16(15)34-3)37-23(27,28)29/h5-10H,1-4H3,(H,30,31,33). The largest absolute Gasteiger partial charge is 0.573 e. The predicted octanol–water partition coefficient (Wildman–Crippen LogP) is 6.07. The number of halogens is 6. The molecule has 0 bridgehead atoms. The average molecular weight is 531 g/mol. The molecule has 3 rings (SSSR count). The molecule has 0 atom stereocenters. The van der Waals surface area contributed by atoms with Crippen LogP contribution in [-0.2, 0) is 6.18 Å². The molecule has 0 spiro atoms. The van der Waals surface area contributed by atoms with Gasteiger partial charge < -0.3 is 24.3 Å². The Bertz CT molecular complexity index is 1310. The van der Waals surface area contributed by atoms with Gasteiger partial charge in [-0.25, -0.2) is 4.98 Å². The van der Waals surface area contributed by atoms with E-state index in [9.17, 15) is 31.1 Å². The highest BCUT2D eigenvalue weighted by Crippen LogP contribution is 2.41. The molecule has 0 aliphatic rings. The van der Waals surface area contributed by atoms with Crippen molar-refractivity contribution in [3.8, 4) is 28.9 Å². The number of carbonyl (C=O) groups is 1. The third-order valence-corrected chi connectivity index (χ3v) is 4.74. The van der Waals surface area contributed by atoms with Crippen molar-refractivity contribution < 1.29 is 50.1 Å². The van der Waals surface area contributed by atoms with Crippen LogP contribution in [0.4, 0.5) is 32.0 Å². The Morgan fingerprint density at radius 3 is 2.22 bits per heavy atom. The van der Waals surface area contributed by atoms with Crippen LogP contribution in [0.3, 0.4) is 0 Å². The van der Waals surface area contributed by atoms with Crippen molar-refractivity contribution in [3.63, 3.8) is 0 Å². The number of anilines is 1.